The second kappa shape index (κ2) is 10.9. The van der Waals surface area contributed by atoms with Crippen molar-refractivity contribution in [3.8, 4) is 0 Å². The zero-order valence-corrected chi connectivity index (χ0v) is 23.1. The summed E-state index contributed by atoms with van der Waals surface area (Å²) < 4.78 is 15.9. The van der Waals surface area contributed by atoms with E-state index in [1.165, 1.54) is 17.9 Å². The second-order valence-corrected chi connectivity index (χ2v) is 11.2. The highest BCUT2D eigenvalue weighted by Gasteiger charge is 2.38. The minimum Gasteiger partial charge on any atom is -0.350 e. The van der Waals surface area contributed by atoms with Gasteiger partial charge in [0.05, 0.1) is 5.02 Å². The van der Waals surface area contributed by atoms with Crippen molar-refractivity contribution in [3.63, 3.8) is 0 Å². The minimum atomic E-state index is -0.675. The molecule has 1 saturated heterocycles. The van der Waals surface area contributed by atoms with E-state index < -0.39 is 11.9 Å². The number of hydrogen-bond acceptors (Lipinski definition) is 4. The van der Waals surface area contributed by atoms with Crippen molar-refractivity contribution in [2.24, 2.45) is 0 Å². The molecular formula is C29H31ClFN5O4. The molecule has 2 aliphatic rings. The molecule has 4 amide bonds. The highest BCUT2D eigenvalue weighted by atomic mass is 35.5. The number of hydrogen-bond donors (Lipinski definition) is 3. The van der Waals surface area contributed by atoms with Gasteiger partial charge >= 0.3 is 6.03 Å². The zero-order chi connectivity index (χ0) is 28.6. The van der Waals surface area contributed by atoms with Gasteiger partial charge in [0, 0.05) is 52.5 Å². The van der Waals surface area contributed by atoms with Gasteiger partial charge in [0.1, 0.15) is 18.4 Å². The predicted octanol–water partition coefficient (Wildman–Crippen LogP) is 4.62. The number of fused-ring (bicyclic) bond motifs is 1. The monoisotopic (exact) mass is 567 g/mol. The van der Waals surface area contributed by atoms with Gasteiger partial charge in [0.25, 0.3) is 0 Å². The molecule has 3 aromatic rings. The lowest BCUT2D eigenvalue weighted by Gasteiger charge is -2.24. The molecule has 1 saturated carbocycles. The Morgan fingerprint density at radius 3 is 2.65 bits per heavy atom. The first-order chi connectivity index (χ1) is 19.0. The van der Waals surface area contributed by atoms with Crippen LogP contribution >= 0.6 is 11.6 Å². The third-order valence-electron chi connectivity index (χ3n) is 7.60. The van der Waals surface area contributed by atoms with Crippen LogP contribution in [-0.2, 0) is 22.7 Å². The molecular weight excluding hydrogens is 537 g/mol. The summed E-state index contributed by atoms with van der Waals surface area (Å²) in [5.74, 6) is -1.38. The average Bonchev–Trinajstić information content (AvgIpc) is 3.28. The summed E-state index contributed by atoms with van der Waals surface area (Å²) in [5.41, 5.74) is 1.72. The molecule has 2 heterocycles. The molecule has 40 heavy (non-hydrogen) atoms. The van der Waals surface area contributed by atoms with Crippen molar-refractivity contribution in [3.05, 3.63) is 64.6 Å². The maximum absolute atomic E-state index is 14.2. The first-order valence-corrected chi connectivity index (χ1v) is 13.7. The summed E-state index contributed by atoms with van der Waals surface area (Å²) in [6, 6.07) is 8.82. The van der Waals surface area contributed by atoms with Gasteiger partial charge in [-0.25, -0.2) is 9.18 Å². The van der Waals surface area contributed by atoms with E-state index in [0.29, 0.717) is 41.5 Å². The van der Waals surface area contributed by atoms with Crippen LogP contribution in [0.25, 0.3) is 10.9 Å². The summed E-state index contributed by atoms with van der Waals surface area (Å²) in [5, 5.41) is 9.08. The summed E-state index contributed by atoms with van der Waals surface area (Å²) >= 11 is 5.83. The molecule has 0 bridgehead atoms. The number of likely N-dealkylation sites (tertiary alicyclic amines) is 1. The number of halogens is 2. The van der Waals surface area contributed by atoms with Crippen LogP contribution in [0, 0.1) is 5.82 Å². The Kier molecular flexibility index (Phi) is 7.55. The first-order valence-electron chi connectivity index (χ1n) is 13.3. The van der Waals surface area contributed by atoms with E-state index in [-0.39, 0.29) is 52.8 Å². The molecule has 0 unspecified atom stereocenters. The Bertz CT molecular complexity index is 1520. The van der Waals surface area contributed by atoms with Crippen LogP contribution in [0.1, 0.15) is 55.5 Å². The minimum absolute atomic E-state index is 0.0212. The van der Waals surface area contributed by atoms with Gasteiger partial charge in [0.2, 0.25) is 11.8 Å². The third-order valence-corrected chi connectivity index (χ3v) is 7.89. The van der Waals surface area contributed by atoms with Crippen molar-refractivity contribution >= 4 is 51.8 Å². The van der Waals surface area contributed by atoms with E-state index in [1.807, 2.05) is 6.92 Å². The number of aromatic nitrogens is 1. The van der Waals surface area contributed by atoms with E-state index in [1.54, 1.807) is 41.1 Å². The molecule has 1 aliphatic heterocycles. The topological polar surface area (TPSA) is 113 Å². The number of ketones is 1. The molecule has 1 aromatic heterocycles. The number of nitrogens with one attached hydrogen (secondary N) is 3. The number of carbonyl (C=O) groups excluding carboxylic acids is 4. The Morgan fingerprint density at radius 1 is 1.15 bits per heavy atom. The van der Waals surface area contributed by atoms with Crippen LogP contribution < -0.4 is 16.0 Å². The van der Waals surface area contributed by atoms with E-state index in [2.05, 4.69) is 16.0 Å². The van der Waals surface area contributed by atoms with Crippen molar-refractivity contribution in [2.75, 3.05) is 11.9 Å². The summed E-state index contributed by atoms with van der Waals surface area (Å²) in [7, 11) is 0. The number of urea groups is 1. The molecule has 11 heteroatoms. The first kappa shape index (κ1) is 27.6. The molecule has 210 valence electrons. The Hall–Kier alpha value is -3.92. The molecule has 2 fully saturated rings. The zero-order valence-electron chi connectivity index (χ0n) is 22.4. The fourth-order valence-corrected chi connectivity index (χ4v) is 5.29. The maximum Gasteiger partial charge on any atom is 0.319 e. The largest absolute Gasteiger partial charge is 0.350 e. The number of carbonyl (C=O) groups is 4. The quantitative estimate of drug-likeness (QED) is 0.345. The normalized spacial score (nSPS) is 17.5. The number of Topliss-reactive ketones (excluding diaryl/α,β-unsaturated/α-hetero) is 1. The van der Waals surface area contributed by atoms with Gasteiger partial charge in [-0.3, -0.25) is 14.4 Å². The van der Waals surface area contributed by atoms with Gasteiger partial charge in [-0.1, -0.05) is 23.7 Å². The molecule has 1 atom stereocenters. The van der Waals surface area contributed by atoms with Gasteiger partial charge in [-0.15, -0.1) is 0 Å². The van der Waals surface area contributed by atoms with Crippen LogP contribution in [0.2, 0.25) is 5.02 Å². The van der Waals surface area contributed by atoms with Crippen molar-refractivity contribution < 1.29 is 23.6 Å². The number of nitrogens with zero attached hydrogens (tertiary/aromatic N) is 2. The van der Waals surface area contributed by atoms with Crippen LogP contribution in [0.3, 0.4) is 0 Å². The number of benzene rings is 2. The molecule has 0 radical (unpaired) electrons. The van der Waals surface area contributed by atoms with Gasteiger partial charge in [-0.05, 0) is 63.8 Å². The molecule has 1 aliphatic carbocycles. The fraction of sp³-hybridized carbons (Fsp3) is 0.379. The Balaban J connectivity index is 1.29. The fourth-order valence-electron chi connectivity index (χ4n) is 5.09. The maximum atomic E-state index is 14.2. The summed E-state index contributed by atoms with van der Waals surface area (Å²) in [6.45, 7) is 3.74. The van der Waals surface area contributed by atoms with Crippen LogP contribution in [0.15, 0.2) is 42.6 Å². The molecule has 5 rings (SSSR count). The SMILES string of the molecule is CC(=O)c1cn(CC(=O)N2CCC[C@H]2C(=O)NCc2cccc(Cl)c2F)c2ccc(NC(=O)NC3(C)CC3)cc12. The lowest BCUT2D eigenvalue weighted by atomic mass is 10.1. The molecule has 3 N–H and O–H groups in total. The summed E-state index contributed by atoms with van der Waals surface area (Å²) in [6.07, 6.45) is 4.66. The van der Waals surface area contributed by atoms with Gasteiger partial charge in [0.15, 0.2) is 5.78 Å². The van der Waals surface area contributed by atoms with E-state index in [4.69, 9.17) is 11.6 Å². The second-order valence-electron chi connectivity index (χ2n) is 10.8. The number of rotatable bonds is 8. The van der Waals surface area contributed by atoms with Crippen molar-refractivity contribution in [1.29, 1.82) is 0 Å². The van der Waals surface area contributed by atoms with E-state index in [0.717, 1.165) is 12.8 Å². The van der Waals surface area contributed by atoms with Crippen molar-refractivity contribution in [1.82, 2.24) is 20.1 Å². The highest BCUT2D eigenvalue weighted by Crippen LogP contribution is 2.34. The third kappa shape index (κ3) is 5.82. The standard InChI is InChI=1S/C29H31ClFN5O4/c1-17(37)21-15-35(23-9-8-19(13-20(21)23)33-28(40)34-29(2)10-11-29)16-25(38)36-12-4-7-24(36)27(39)32-14-18-5-3-6-22(30)26(18)31/h3,5-6,8-9,13,15,24H,4,7,10-12,14,16H2,1-2H3,(H,32,39)(H2,33,34,40)/t24-/m0/s1. The smallest absolute Gasteiger partial charge is 0.319 e. The lowest BCUT2D eigenvalue weighted by Crippen LogP contribution is -2.46. The van der Waals surface area contributed by atoms with Crippen LogP contribution in [0.4, 0.5) is 14.9 Å². The summed E-state index contributed by atoms with van der Waals surface area (Å²) in [4.78, 5) is 52.6. The van der Waals surface area contributed by atoms with Crippen LogP contribution in [0.5, 0.6) is 0 Å². The number of amides is 4. The van der Waals surface area contributed by atoms with Gasteiger partial charge < -0.3 is 25.4 Å². The van der Waals surface area contributed by atoms with Gasteiger partial charge in [-0.2, -0.15) is 0 Å². The molecule has 9 nitrogen and oxygen atoms in total. The van der Waals surface area contributed by atoms with E-state index >= 15 is 0 Å². The lowest BCUT2D eigenvalue weighted by molar-refractivity contribution is -0.138. The molecule has 0 spiro atoms. The van der Waals surface area contributed by atoms with Crippen molar-refractivity contribution in [2.45, 2.75) is 64.2 Å². The Morgan fingerprint density at radius 2 is 1.93 bits per heavy atom. The number of anilines is 1. The molecule has 2 aromatic carbocycles. The average molecular weight is 568 g/mol. The van der Waals surface area contributed by atoms with E-state index in [9.17, 15) is 23.6 Å². The predicted molar refractivity (Wildman–Crippen MR) is 150 cm³/mol. The Labute approximate surface area is 236 Å². The highest BCUT2D eigenvalue weighted by molar-refractivity contribution is 6.30. The van der Waals surface area contributed by atoms with Crippen LogP contribution in [-0.4, -0.2) is 51.2 Å².